The van der Waals surface area contributed by atoms with Crippen molar-refractivity contribution in [2.75, 3.05) is 7.11 Å². The maximum atomic E-state index is 12.2. The van der Waals surface area contributed by atoms with E-state index < -0.39 is 11.2 Å². The van der Waals surface area contributed by atoms with E-state index in [4.69, 9.17) is 20.6 Å². The summed E-state index contributed by atoms with van der Waals surface area (Å²) in [5.74, 6) is 5.83. The summed E-state index contributed by atoms with van der Waals surface area (Å²) in [5.41, 5.74) is -1.07. The average molecular weight is 557 g/mol. The van der Waals surface area contributed by atoms with E-state index in [1.807, 2.05) is 48.7 Å². The summed E-state index contributed by atoms with van der Waals surface area (Å²) in [5, 5.41) is 6.38. The Morgan fingerprint density at radius 2 is 1.10 bits per heavy atom. The van der Waals surface area contributed by atoms with Crippen molar-refractivity contribution in [2.45, 2.75) is 146 Å². The molecule has 0 aromatic carbocycles. The van der Waals surface area contributed by atoms with Crippen molar-refractivity contribution < 1.29 is 23.8 Å². The van der Waals surface area contributed by atoms with Gasteiger partial charge >= 0.3 is 12.2 Å². The third kappa shape index (κ3) is 6.27. The monoisotopic (exact) mass is 556 g/mol. The van der Waals surface area contributed by atoms with E-state index in [9.17, 15) is 9.59 Å². The zero-order valence-electron chi connectivity index (χ0n) is 25.9. The molecular weight excluding hydrogens is 504 g/mol. The van der Waals surface area contributed by atoms with Crippen molar-refractivity contribution in [1.29, 1.82) is 0 Å². The second kappa shape index (κ2) is 9.82. The second-order valence-corrected chi connectivity index (χ2v) is 16.5. The average Bonchev–Trinajstić information content (AvgIpc) is 2.74. The van der Waals surface area contributed by atoms with Gasteiger partial charge in [-0.15, -0.1) is 6.42 Å². The summed E-state index contributed by atoms with van der Waals surface area (Å²) < 4.78 is 16.8. The lowest BCUT2D eigenvalue weighted by atomic mass is 9.47. The first kappa shape index (κ1) is 29.5. The predicted molar refractivity (Wildman–Crippen MR) is 155 cm³/mol. The molecule has 4 atom stereocenters. The number of carbonyl (C=O) groups excluding carboxylic acids is 2. The molecule has 0 heterocycles. The normalized spacial score (nSPS) is 42.4. The fraction of sp³-hybridized carbons (Fsp3) is 0.879. The fourth-order valence-corrected chi connectivity index (χ4v) is 10.2. The zero-order chi connectivity index (χ0) is 29.2. The highest BCUT2D eigenvalue weighted by Gasteiger charge is 2.59. The first-order valence-corrected chi connectivity index (χ1v) is 15.5. The van der Waals surface area contributed by atoms with E-state index >= 15 is 0 Å². The number of alkyl carbamates (subject to hydrolysis) is 2. The molecule has 0 spiro atoms. The second-order valence-electron chi connectivity index (χ2n) is 16.5. The minimum absolute atomic E-state index is 0.000897. The molecule has 2 N–H and O–H groups in total. The maximum Gasteiger partial charge on any atom is 0.408 e. The first-order valence-electron chi connectivity index (χ1n) is 15.5. The molecule has 4 unspecified atom stereocenters. The molecule has 8 aliphatic rings. The molecule has 224 valence electrons. The molecular formula is C33H52N2O5. The molecule has 40 heavy (non-hydrogen) atoms. The van der Waals surface area contributed by atoms with Crippen LogP contribution in [0.4, 0.5) is 9.59 Å². The molecule has 2 amide bonds. The van der Waals surface area contributed by atoms with Gasteiger partial charge in [0.15, 0.2) is 0 Å². The number of hydrogen-bond donors (Lipinski definition) is 2. The van der Waals surface area contributed by atoms with Gasteiger partial charge in [0.05, 0.1) is 5.60 Å². The molecule has 0 aromatic heterocycles. The van der Waals surface area contributed by atoms with Crippen LogP contribution in [0.2, 0.25) is 0 Å². The van der Waals surface area contributed by atoms with Crippen molar-refractivity contribution in [3.8, 4) is 12.3 Å². The quantitative estimate of drug-likeness (QED) is 0.376. The lowest BCUT2D eigenvalue weighted by molar-refractivity contribution is -0.159. The molecule has 8 aliphatic carbocycles. The first-order chi connectivity index (χ1) is 18.5. The highest BCUT2D eigenvalue weighted by atomic mass is 16.6. The predicted octanol–water partition coefficient (Wildman–Crippen LogP) is 6.73. The van der Waals surface area contributed by atoms with Crippen LogP contribution in [0, 0.1) is 41.4 Å². The number of rotatable bonds is 3. The Hall–Kier alpha value is -1.94. The summed E-state index contributed by atoms with van der Waals surface area (Å²) in [4.78, 5) is 24.3. The van der Waals surface area contributed by atoms with Gasteiger partial charge in [0.2, 0.25) is 0 Å². The minimum atomic E-state index is -0.448. The van der Waals surface area contributed by atoms with E-state index in [0.29, 0.717) is 23.7 Å². The van der Waals surface area contributed by atoms with Gasteiger partial charge in [0, 0.05) is 23.6 Å². The summed E-state index contributed by atoms with van der Waals surface area (Å²) in [6, 6.07) is 0. The Balaban J connectivity index is 0.000000161. The highest BCUT2D eigenvalue weighted by molar-refractivity contribution is 5.69. The molecule has 8 fully saturated rings. The summed E-state index contributed by atoms with van der Waals surface area (Å²) in [7, 11) is 1.83. The highest BCUT2D eigenvalue weighted by Crippen LogP contribution is 2.61. The Bertz CT molecular complexity index is 1020. The standard InChI is InChI=1S/C17H25NO2.C16H27NO3/c1-5-16-7-12-6-13(8-16)10-17(9-12,11-16)18-14(19)20-15(2,3)4;1-14(2,3)20-13(18)17-15-6-11-5-12(7-15)9-16(8-11,10-15)19-4/h1,12-13H,6-11H2,2-4H3,(H,18,19);11-12H,5-10H2,1-4H3,(H,17,18). The lowest BCUT2D eigenvalue weighted by Gasteiger charge is -2.61. The smallest absolute Gasteiger partial charge is 0.408 e. The molecule has 8 bridgehead atoms. The summed E-state index contributed by atoms with van der Waals surface area (Å²) >= 11 is 0. The van der Waals surface area contributed by atoms with Crippen LogP contribution in [0.5, 0.6) is 0 Å². The number of methoxy groups -OCH3 is 1. The van der Waals surface area contributed by atoms with Gasteiger partial charge in [0.1, 0.15) is 11.2 Å². The van der Waals surface area contributed by atoms with Crippen LogP contribution in [0.3, 0.4) is 0 Å². The number of hydrogen-bond acceptors (Lipinski definition) is 5. The number of terminal acetylenes is 1. The van der Waals surface area contributed by atoms with Crippen molar-refractivity contribution >= 4 is 12.2 Å². The van der Waals surface area contributed by atoms with Crippen molar-refractivity contribution in [3.63, 3.8) is 0 Å². The number of ether oxygens (including phenoxy) is 3. The van der Waals surface area contributed by atoms with Gasteiger partial charge < -0.3 is 24.8 Å². The van der Waals surface area contributed by atoms with Crippen LogP contribution in [-0.2, 0) is 14.2 Å². The third-order valence-corrected chi connectivity index (χ3v) is 10.3. The van der Waals surface area contributed by atoms with Crippen LogP contribution < -0.4 is 10.6 Å². The van der Waals surface area contributed by atoms with Gasteiger partial charge in [-0.2, -0.15) is 0 Å². The SMILES string of the molecule is C#CC12CC3CC(C1)CC(NC(=O)OC(C)(C)C)(C3)C2.COC12CC3CC(CC(NC(=O)OC(C)(C)C)(C3)C1)C2. The van der Waals surface area contributed by atoms with E-state index in [0.717, 1.165) is 64.2 Å². The van der Waals surface area contributed by atoms with Crippen LogP contribution in [0.15, 0.2) is 0 Å². The molecule has 8 saturated carbocycles. The minimum Gasteiger partial charge on any atom is -0.444 e. The van der Waals surface area contributed by atoms with E-state index in [-0.39, 0.29) is 34.3 Å². The molecule has 0 saturated heterocycles. The summed E-state index contributed by atoms with van der Waals surface area (Å²) in [6.07, 6.45) is 18.7. The van der Waals surface area contributed by atoms with Crippen LogP contribution in [0.1, 0.15) is 119 Å². The van der Waals surface area contributed by atoms with Gasteiger partial charge in [-0.1, -0.05) is 5.92 Å². The Kier molecular flexibility index (Phi) is 7.25. The van der Waals surface area contributed by atoms with E-state index in [1.165, 1.54) is 12.8 Å². The number of nitrogens with one attached hydrogen (secondary N) is 2. The van der Waals surface area contributed by atoms with Gasteiger partial charge in [-0.05, 0) is 142 Å². The molecule has 7 nitrogen and oxygen atoms in total. The molecule has 0 radical (unpaired) electrons. The lowest BCUT2D eigenvalue weighted by Crippen LogP contribution is -2.66. The molecule has 7 heteroatoms. The van der Waals surface area contributed by atoms with Crippen molar-refractivity contribution in [2.24, 2.45) is 29.1 Å². The maximum absolute atomic E-state index is 12.2. The topological polar surface area (TPSA) is 85.9 Å². The molecule has 8 rings (SSSR count). The van der Waals surface area contributed by atoms with E-state index in [1.54, 1.807) is 0 Å². The zero-order valence-corrected chi connectivity index (χ0v) is 25.9. The molecule has 0 aromatic rings. The van der Waals surface area contributed by atoms with Gasteiger partial charge in [-0.3, -0.25) is 0 Å². The van der Waals surface area contributed by atoms with E-state index in [2.05, 4.69) is 16.6 Å². The van der Waals surface area contributed by atoms with Crippen LogP contribution >= 0.6 is 0 Å². The number of carbonyl (C=O) groups is 2. The molecule has 0 aliphatic heterocycles. The largest absolute Gasteiger partial charge is 0.444 e. The Morgan fingerprint density at radius 1 is 0.700 bits per heavy atom. The number of amides is 2. The fourth-order valence-electron chi connectivity index (χ4n) is 10.2. The summed E-state index contributed by atoms with van der Waals surface area (Å²) in [6.45, 7) is 11.4. The van der Waals surface area contributed by atoms with Gasteiger partial charge in [-0.25, -0.2) is 9.59 Å². The van der Waals surface area contributed by atoms with Crippen LogP contribution in [-0.4, -0.2) is 47.2 Å². The Labute approximate surface area is 241 Å². The van der Waals surface area contributed by atoms with Crippen molar-refractivity contribution in [1.82, 2.24) is 10.6 Å². The Morgan fingerprint density at radius 3 is 1.48 bits per heavy atom. The van der Waals surface area contributed by atoms with Crippen LogP contribution in [0.25, 0.3) is 0 Å². The third-order valence-electron chi connectivity index (χ3n) is 10.3. The van der Waals surface area contributed by atoms with Gasteiger partial charge in [0.25, 0.3) is 0 Å². The van der Waals surface area contributed by atoms with Crippen molar-refractivity contribution in [3.05, 3.63) is 0 Å².